The summed E-state index contributed by atoms with van der Waals surface area (Å²) in [4.78, 5) is 6.96. The van der Waals surface area contributed by atoms with Crippen molar-refractivity contribution in [3.63, 3.8) is 0 Å². The van der Waals surface area contributed by atoms with Gasteiger partial charge in [-0.3, -0.25) is 0 Å². The Labute approximate surface area is 191 Å². The maximum Gasteiger partial charge on any atom is 0.194 e. The largest absolute Gasteiger partial charge is 0.486 e. The summed E-state index contributed by atoms with van der Waals surface area (Å²) in [5.74, 6) is 0.795. The van der Waals surface area contributed by atoms with Gasteiger partial charge >= 0.3 is 0 Å². The van der Waals surface area contributed by atoms with Crippen LogP contribution < -0.4 is 10.1 Å². The van der Waals surface area contributed by atoms with Gasteiger partial charge in [-0.05, 0) is 45.2 Å². The SMILES string of the molecule is CCNC(=NCC(C)Oc1ccccc1F)N1CCC(OCCCOC)CC1.I. The molecule has 0 aromatic heterocycles. The van der Waals surface area contributed by atoms with Crippen molar-refractivity contribution in [1.29, 1.82) is 0 Å². The van der Waals surface area contributed by atoms with Gasteiger partial charge in [0.1, 0.15) is 6.10 Å². The van der Waals surface area contributed by atoms with Gasteiger partial charge in [-0.25, -0.2) is 9.38 Å². The lowest BCUT2D eigenvalue weighted by atomic mass is 10.1. The van der Waals surface area contributed by atoms with Gasteiger partial charge in [0.25, 0.3) is 0 Å². The quantitative estimate of drug-likeness (QED) is 0.220. The molecule has 166 valence electrons. The minimum absolute atomic E-state index is 0. The second kappa shape index (κ2) is 14.8. The van der Waals surface area contributed by atoms with Crippen molar-refractivity contribution < 1.29 is 18.6 Å². The second-order valence-corrected chi connectivity index (χ2v) is 6.96. The zero-order chi connectivity index (χ0) is 20.2. The number of aliphatic imine (C=N–C) groups is 1. The fourth-order valence-corrected chi connectivity index (χ4v) is 3.12. The van der Waals surface area contributed by atoms with E-state index in [1.165, 1.54) is 6.07 Å². The van der Waals surface area contributed by atoms with E-state index >= 15 is 0 Å². The Morgan fingerprint density at radius 1 is 1.28 bits per heavy atom. The zero-order valence-corrected chi connectivity index (χ0v) is 20.1. The number of halogens is 2. The Bertz CT molecular complexity index is 598. The van der Waals surface area contributed by atoms with Gasteiger partial charge in [-0.15, -0.1) is 24.0 Å². The van der Waals surface area contributed by atoms with E-state index in [-0.39, 0.29) is 41.6 Å². The molecule has 1 heterocycles. The number of nitrogens with zero attached hydrogens (tertiary/aromatic N) is 2. The lowest BCUT2D eigenvalue weighted by molar-refractivity contribution is 0.00988. The fraction of sp³-hybridized carbons (Fsp3) is 0.667. The van der Waals surface area contributed by atoms with Gasteiger partial charge in [-0.2, -0.15) is 0 Å². The van der Waals surface area contributed by atoms with E-state index in [0.717, 1.165) is 58.1 Å². The highest BCUT2D eigenvalue weighted by Crippen LogP contribution is 2.17. The molecule has 0 aliphatic carbocycles. The minimum Gasteiger partial charge on any atom is -0.486 e. The average molecular weight is 523 g/mol. The van der Waals surface area contributed by atoms with Gasteiger partial charge in [0.15, 0.2) is 17.5 Å². The number of nitrogens with one attached hydrogen (secondary N) is 1. The number of benzene rings is 1. The summed E-state index contributed by atoms with van der Waals surface area (Å²) >= 11 is 0. The van der Waals surface area contributed by atoms with Gasteiger partial charge in [0, 0.05) is 40.0 Å². The number of piperidine rings is 1. The van der Waals surface area contributed by atoms with Gasteiger partial charge in [0.05, 0.1) is 12.6 Å². The molecular formula is C21H35FIN3O3. The summed E-state index contributed by atoms with van der Waals surface area (Å²) < 4.78 is 30.4. The van der Waals surface area contributed by atoms with Gasteiger partial charge < -0.3 is 24.4 Å². The van der Waals surface area contributed by atoms with E-state index in [4.69, 9.17) is 19.2 Å². The van der Waals surface area contributed by atoms with Crippen molar-refractivity contribution in [1.82, 2.24) is 10.2 Å². The topological polar surface area (TPSA) is 55.3 Å². The number of likely N-dealkylation sites (tertiary alicyclic amines) is 1. The first-order valence-electron chi connectivity index (χ1n) is 10.2. The van der Waals surface area contributed by atoms with Crippen molar-refractivity contribution in [2.75, 3.05) is 46.5 Å². The zero-order valence-electron chi connectivity index (χ0n) is 17.7. The highest BCUT2D eigenvalue weighted by molar-refractivity contribution is 14.0. The number of hydrogen-bond donors (Lipinski definition) is 1. The van der Waals surface area contributed by atoms with E-state index in [9.17, 15) is 4.39 Å². The molecule has 1 aromatic rings. The molecule has 6 nitrogen and oxygen atoms in total. The first-order chi connectivity index (χ1) is 13.6. The van der Waals surface area contributed by atoms with Crippen molar-refractivity contribution in [3.8, 4) is 5.75 Å². The van der Waals surface area contributed by atoms with Crippen LogP contribution in [0.15, 0.2) is 29.3 Å². The summed E-state index contributed by atoms with van der Waals surface area (Å²) in [6.07, 6.45) is 2.99. The molecule has 0 saturated carbocycles. The Kier molecular flexibility index (Phi) is 13.2. The summed E-state index contributed by atoms with van der Waals surface area (Å²) in [6.45, 7) is 8.52. The van der Waals surface area contributed by atoms with Crippen LogP contribution in [0.5, 0.6) is 5.75 Å². The molecule has 1 unspecified atom stereocenters. The van der Waals surface area contributed by atoms with Crippen LogP contribution in [0.25, 0.3) is 0 Å². The standard InChI is InChI=1S/C21H34FN3O3.HI/c1-4-23-21(24-16-17(2)28-20-9-6-5-8-19(20)22)25-12-10-18(11-13-25)27-15-7-14-26-3;/h5-6,8-9,17-18H,4,7,10-16H2,1-3H3,(H,23,24);1H. The van der Waals surface area contributed by atoms with Gasteiger partial charge in [0.2, 0.25) is 0 Å². The number of guanidine groups is 1. The van der Waals surface area contributed by atoms with Crippen LogP contribution in [-0.2, 0) is 9.47 Å². The third-order valence-corrected chi connectivity index (χ3v) is 4.59. The molecule has 1 aromatic carbocycles. The Hall–Kier alpha value is -1.13. The third-order valence-electron chi connectivity index (χ3n) is 4.59. The predicted octanol–water partition coefficient (Wildman–Crippen LogP) is 3.69. The number of rotatable bonds is 10. The number of hydrogen-bond acceptors (Lipinski definition) is 4. The maximum absolute atomic E-state index is 13.7. The fourth-order valence-electron chi connectivity index (χ4n) is 3.12. The third kappa shape index (κ3) is 9.48. The van der Waals surface area contributed by atoms with Crippen molar-refractivity contribution in [2.24, 2.45) is 4.99 Å². The first-order valence-corrected chi connectivity index (χ1v) is 10.2. The van der Waals surface area contributed by atoms with E-state index in [2.05, 4.69) is 17.1 Å². The maximum atomic E-state index is 13.7. The van der Waals surface area contributed by atoms with Crippen LogP contribution in [0, 0.1) is 5.82 Å². The molecule has 1 atom stereocenters. The van der Waals surface area contributed by atoms with Crippen LogP contribution >= 0.6 is 24.0 Å². The predicted molar refractivity (Wildman–Crippen MR) is 125 cm³/mol. The summed E-state index contributed by atoms with van der Waals surface area (Å²) in [7, 11) is 1.71. The molecule has 1 fully saturated rings. The molecule has 0 radical (unpaired) electrons. The van der Waals surface area contributed by atoms with Crippen molar-refractivity contribution in [2.45, 2.75) is 45.3 Å². The number of para-hydroxylation sites is 1. The minimum atomic E-state index is -0.349. The Morgan fingerprint density at radius 3 is 2.66 bits per heavy atom. The first kappa shape index (κ1) is 25.9. The molecule has 1 saturated heterocycles. The molecule has 8 heteroatoms. The van der Waals surface area contributed by atoms with Crippen molar-refractivity contribution >= 4 is 29.9 Å². The van der Waals surface area contributed by atoms with E-state index in [0.29, 0.717) is 12.6 Å². The van der Waals surface area contributed by atoms with Crippen LogP contribution in [-0.4, -0.2) is 69.6 Å². The monoisotopic (exact) mass is 523 g/mol. The van der Waals surface area contributed by atoms with Crippen LogP contribution in [0.2, 0.25) is 0 Å². The molecule has 1 aliphatic heterocycles. The molecule has 0 amide bonds. The Morgan fingerprint density at radius 2 is 2.00 bits per heavy atom. The normalized spacial score (nSPS) is 16.3. The molecule has 0 bridgehead atoms. The summed E-state index contributed by atoms with van der Waals surface area (Å²) in [6, 6.07) is 6.45. The molecule has 0 spiro atoms. The van der Waals surface area contributed by atoms with E-state index in [1.807, 2.05) is 6.92 Å². The van der Waals surface area contributed by atoms with Crippen LogP contribution in [0.4, 0.5) is 4.39 Å². The van der Waals surface area contributed by atoms with E-state index in [1.54, 1.807) is 25.3 Å². The smallest absolute Gasteiger partial charge is 0.194 e. The highest BCUT2D eigenvalue weighted by atomic mass is 127. The summed E-state index contributed by atoms with van der Waals surface area (Å²) in [5, 5.41) is 3.35. The van der Waals surface area contributed by atoms with Crippen LogP contribution in [0.3, 0.4) is 0 Å². The summed E-state index contributed by atoms with van der Waals surface area (Å²) in [5.41, 5.74) is 0. The lowest BCUT2D eigenvalue weighted by Crippen LogP contribution is -2.47. The molecule has 29 heavy (non-hydrogen) atoms. The molecule has 1 N–H and O–H groups in total. The number of ether oxygens (including phenoxy) is 3. The highest BCUT2D eigenvalue weighted by Gasteiger charge is 2.22. The second-order valence-electron chi connectivity index (χ2n) is 6.96. The van der Waals surface area contributed by atoms with Crippen LogP contribution in [0.1, 0.15) is 33.1 Å². The van der Waals surface area contributed by atoms with Crippen molar-refractivity contribution in [3.05, 3.63) is 30.1 Å². The number of methoxy groups -OCH3 is 1. The van der Waals surface area contributed by atoms with Gasteiger partial charge in [-0.1, -0.05) is 12.1 Å². The Balaban J connectivity index is 0.00000420. The molecule has 2 rings (SSSR count). The average Bonchev–Trinajstić information content (AvgIpc) is 2.71. The molecule has 1 aliphatic rings. The van der Waals surface area contributed by atoms with E-state index < -0.39 is 0 Å². The molecular weight excluding hydrogens is 488 g/mol. The lowest BCUT2D eigenvalue weighted by Gasteiger charge is -2.34.